The molecule has 7 heteroatoms. The summed E-state index contributed by atoms with van der Waals surface area (Å²) in [6, 6.07) is 18.9. The fraction of sp³-hybridized carbons (Fsp3) is 0.273. The second-order valence-electron chi connectivity index (χ2n) is 6.74. The van der Waals surface area contributed by atoms with E-state index in [2.05, 4.69) is 15.7 Å². The number of rotatable bonds is 9. The van der Waals surface area contributed by atoms with Crippen molar-refractivity contribution in [2.24, 2.45) is 0 Å². The van der Waals surface area contributed by atoms with E-state index in [1.165, 1.54) is 0 Å². The number of ether oxygens (including phenoxy) is 1. The van der Waals surface area contributed by atoms with Gasteiger partial charge in [0, 0.05) is 31.0 Å². The Labute approximate surface area is 170 Å². The highest BCUT2D eigenvalue weighted by Gasteiger charge is 2.15. The van der Waals surface area contributed by atoms with E-state index in [9.17, 15) is 9.90 Å². The average molecular weight is 394 g/mol. The number of carbonyl (C=O) groups excluding carboxylic acids is 1. The number of aliphatic hydroxyl groups is 1. The van der Waals surface area contributed by atoms with Crippen LogP contribution in [0.25, 0.3) is 0 Å². The summed E-state index contributed by atoms with van der Waals surface area (Å²) >= 11 is 0. The van der Waals surface area contributed by atoms with Crippen LogP contribution in [0.1, 0.15) is 24.1 Å². The zero-order chi connectivity index (χ0) is 20.5. The van der Waals surface area contributed by atoms with E-state index in [-0.39, 0.29) is 18.7 Å². The van der Waals surface area contributed by atoms with E-state index >= 15 is 0 Å². The zero-order valence-corrected chi connectivity index (χ0v) is 16.4. The first kappa shape index (κ1) is 20.4. The van der Waals surface area contributed by atoms with Crippen LogP contribution in [-0.2, 0) is 6.54 Å². The summed E-state index contributed by atoms with van der Waals surface area (Å²) in [6.45, 7) is 2.58. The van der Waals surface area contributed by atoms with E-state index in [0.29, 0.717) is 18.8 Å². The minimum atomic E-state index is -0.559. The minimum absolute atomic E-state index is 0.0985. The maximum Gasteiger partial charge on any atom is 0.315 e. The Morgan fingerprint density at radius 3 is 2.59 bits per heavy atom. The van der Waals surface area contributed by atoms with Crippen molar-refractivity contribution in [3.8, 4) is 5.75 Å². The number of amides is 2. The van der Waals surface area contributed by atoms with Gasteiger partial charge in [-0.05, 0) is 24.6 Å². The molecule has 0 radical (unpaired) electrons. The number of benzene rings is 2. The van der Waals surface area contributed by atoms with Gasteiger partial charge >= 0.3 is 6.03 Å². The summed E-state index contributed by atoms with van der Waals surface area (Å²) in [6.07, 6.45) is 3.05. The molecule has 1 heterocycles. The first-order valence-corrected chi connectivity index (χ1v) is 9.58. The molecule has 0 aliphatic heterocycles. The standard InChI is InChI=1S/C22H26N4O3/c1-17(27)16-29-21-11-6-5-10-19(21)14-23-22(28)24-15-20(26-13-7-12-25-26)18-8-3-2-4-9-18/h2-13,17,20,27H,14-16H2,1H3,(H2,23,24,28). The quantitative estimate of drug-likeness (QED) is 0.521. The normalized spacial score (nSPS) is 12.8. The molecule has 3 N–H and O–H groups in total. The summed E-state index contributed by atoms with van der Waals surface area (Å²) in [4.78, 5) is 12.4. The number of para-hydroxylation sites is 1. The molecule has 29 heavy (non-hydrogen) atoms. The minimum Gasteiger partial charge on any atom is -0.491 e. The van der Waals surface area contributed by atoms with Gasteiger partial charge in [0.2, 0.25) is 0 Å². The van der Waals surface area contributed by atoms with Gasteiger partial charge in [-0.25, -0.2) is 4.79 Å². The predicted octanol–water partition coefficient (Wildman–Crippen LogP) is 2.73. The van der Waals surface area contributed by atoms with Crippen LogP contribution >= 0.6 is 0 Å². The van der Waals surface area contributed by atoms with Crippen molar-refractivity contribution >= 4 is 6.03 Å². The molecule has 0 aliphatic rings. The molecule has 3 aromatic rings. The number of aliphatic hydroxyl groups excluding tert-OH is 1. The highest BCUT2D eigenvalue weighted by atomic mass is 16.5. The van der Waals surface area contributed by atoms with Crippen molar-refractivity contribution in [1.82, 2.24) is 20.4 Å². The zero-order valence-electron chi connectivity index (χ0n) is 16.4. The Bertz CT molecular complexity index is 882. The van der Waals surface area contributed by atoms with Crippen LogP contribution in [0.3, 0.4) is 0 Å². The molecule has 3 rings (SSSR count). The second kappa shape index (κ2) is 10.3. The van der Waals surface area contributed by atoms with Crippen LogP contribution < -0.4 is 15.4 Å². The number of hydrogen-bond donors (Lipinski definition) is 3. The van der Waals surface area contributed by atoms with E-state index in [1.807, 2.05) is 71.5 Å². The average Bonchev–Trinajstić information content (AvgIpc) is 3.27. The lowest BCUT2D eigenvalue weighted by Crippen LogP contribution is -2.38. The number of nitrogens with one attached hydrogen (secondary N) is 2. The third-order valence-electron chi connectivity index (χ3n) is 4.38. The van der Waals surface area contributed by atoms with Crippen LogP contribution in [-0.4, -0.2) is 40.2 Å². The Balaban J connectivity index is 1.57. The molecule has 2 aromatic carbocycles. The molecule has 1 aromatic heterocycles. The Hall–Kier alpha value is -3.32. The van der Waals surface area contributed by atoms with Crippen molar-refractivity contribution in [3.05, 3.63) is 84.2 Å². The summed E-state index contributed by atoms with van der Waals surface area (Å²) in [5, 5.41) is 19.5. The molecule has 0 bridgehead atoms. The Morgan fingerprint density at radius 1 is 1.10 bits per heavy atom. The lowest BCUT2D eigenvalue weighted by Gasteiger charge is -2.19. The monoisotopic (exact) mass is 394 g/mol. The molecule has 0 saturated carbocycles. The van der Waals surface area contributed by atoms with Crippen molar-refractivity contribution in [1.29, 1.82) is 0 Å². The first-order chi connectivity index (χ1) is 14.1. The van der Waals surface area contributed by atoms with Gasteiger partial charge in [-0.15, -0.1) is 0 Å². The van der Waals surface area contributed by atoms with E-state index in [1.54, 1.807) is 13.1 Å². The maximum absolute atomic E-state index is 12.4. The van der Waals surface area contributed by atoms with Gasteiger partial charge in [-0.1, -0.05) is 48.5 Å². The van der Waals surface area contributed by atoms with Crippen LogP contribution in [0.5, 0.6) is 5.75 Å². The van der Waals surface area contributed by atoms with Gasteiger partial charge < -0.3 is 20.5 Å². The number of hydrogen-bond acceptors (Lipinski definition) is 4. The van der Waals surface area contributed by atoms with Gasteiger partial charge in [0.1, 0.15) is 12.4 Å². The molecule has 0 saturated heterocycles. The van der Waals surface area contributed by atoms with Gasteiger partial charge in [-0.2, -0.15) is 5.10 Å². The largest absolute Gasteiger partial charge is 0.491 e. The maximum atomic E-state index is 12.4. The van der Waals surface area contributed by atoms with Crippen LogP contribution in [0.4, 0.5) is 4.79 Å². The van der Waals surface area contributed by atoms with Gasteiger partial charge in [0.15, 0.2) is 0 Å². The fourth-order valence-corrected chi connectivity index (χ4v) is 2.93. The van der Waals surface area contributed by atoms with Crippen molar-refractivity contribution in [2.45, 2.75) is 25.6 Å². The molecular formula is C22H26N4O3. The lowest BCUT2D eigenvalue weighted by molar-refractivity contribution is 0.122. The molecule has 2 unspecified atom stereocenters. The second-order valence-corrected chi connectivity index (χ2v) is 6.74. The molecule has 2 atom stereocenters. The molecular weight excluding hydrogens is 368 g/mol. The summed E-state index contributed by atoms with van der Waals surface area (Å²) in [5.74, 6) is 0.646. The SMILES string of the molecule is CC(O)COc1ccccc1CNC(=O)NCC(c1ccccc1)n1cccn1. The molecule has 0 aliphatic carbocycles. The third kappa shape index (κ3) is 6.08. The Morgan fingerprint density at radius 2 is 1.86 bits per heavy atom. The molecule has 7 nitrogen and oxygen atoms in total. The number of urea groups is 1. The van der Waals surface area contributed by atoms with Crippen LogP contribution in [0.15, 0.2) is 73.1 Å². The predicted molar refractivity (Wildman–Crippen MR) is 111 cm³/mol. The first-order valence-electron chi connectivity index (χ1n) is 9.58. The van der Waals surface area contributed by atoms with Crippen molar-refractivity contribution < 1.29 is 14.6 Å². The molecule has 152 valence electrons. The third-order valence-corrected chi connectivity index (χ3v) is 4.38. The summed E-state index contributed by atoms with van der Waals surface area (Å²) in [7, 11) is 0. The van der Waals surface area contributed by atoms with Gasteiger partial charge in [0.25, 0.3) is 0 Å². The summed E-state index contributed by atoms with van der Waals surface area (Å²) < 4.78 is 7.43. The Kier molecular flexibility index (Phi) is 7.24. The van der Waals surface area contributed by atoms with E-state index < -0.39 is 6.10 Å². The highest BCUT2D eigenvalue weighted by Crippen LogP contribution is 2.18. The molecule has 0 spiro atoms. The number of carbonyl (C=O) groups is 1. The van der Waals surface area contributed by atoms with Crippen molar-refractivity contribution in [2.75, 3.05) is 13.2 Å². The fourth-order valence-electron chi connectivity index (χ4n) is 2.93. The number of aromatic nitrogens is 2. The van der Waals surface area contributed by atoms with Crippen molar-refractivity contribution in [3.63, 3.8) is 0 Å². The lowest BCUT2D eigenvalue weighted by atomic mass is 10.1. The molecule has 0 fully saturated rings. The van der Waals surface area contributed by atoms with Crippen LogP contribution in [0.2, 0.25) is 0 Å². The highest BCUT2D eigenvalue weighted by molar-refractivity contribution is 5.74. The van der Waals surface area contributed by atoms with Crippen LogP contribution in [0, 0.1) is 0 Å². The van der Waals surface area contributed by atoms with Gasteiger partial charge in [-0.3, -0.25) is 4.68 Å². The number of nitrogens with zero attached hydrogens (tertiary/aromatic N) is 2. The smallest absolute Gasteiger partial charge is 0.315 e. The van der Waals surface area contributed by atoms with E-state index in [4.69, 9.17) is 4.74 Å². The van der Waals surface area contributed by atoms with Gasteiger partial charge in [0.05, 0.1) is 12.1 Å². The molecule has 2 amide bonds. The summed E-state index contributed by atoms with van der Waals surface area (Å²) in [5.41, 5.74) is 1.91. The topological polar surface area (TPSA) is 88.4 Å². The van der Waals surface area contributed by atoms with E-state index in [0.717, 1.165) is 11.1 Å².